The summed E-state index contributed by atoms with van der Waals surface area (Å²) < 4.78 is 9.37. The molecule has 6 heteroatoms. The van der Waals surface area contributed by atoms with E-state index in [0.29, 0.717) is 23.9 Å². The van der Waals surface area contributed by atoms with Gasteiger partial charge in [-0.05, 0) is 24.4 Å². The predicted molar refractivity (Wildman–Crippen MR) is 56.3 cm³/mol. The van der Waals surface area contributed by atoms with E-state index < -0.39 is 5.97 Å². The minimum absolute atomic E-state index is 0.179. The Morgan fingerprint density at radius 3 is 2.80 bits per heavy atom. The summed E-state index contributed by atoms with van der Waals surface area (Å²) in [5.41, 5.74) is 6.41. The average Bonchev–Trinajstić information content (AvgIpc) is 2.61. The smallest absolute Gasteiger partial charge is 0.340 e. The Balaban J connectivity index is 2.30. The molecular formula is C9H12N2O3S. The second-order valence-corrected chi connectivity index (χ2v) is 4.30. The van der Waals surface area contributed by atoms with Crippen LogP contribution in [0, 0.1) is 0 Å². The summed E-state index contributed by atoms with van der Waals surface area (Å²) >= 11 is 1.06. The van der Waals surface area contributed by atoms with E-state index in [4.69, 9.17) is 15.6 Å². The van der Waals surface area contributed by atoms with Crippen LogP contribution in [0.25, 0.3) is 0 Å². The molecule has 0 aromatic carbocycles. The number of carboxylic acids is 1. The van der Waals surface area contributed by atoms with Crippen LogP contribution < -0.4 is 5.73 Å². The van der Waals surface area contributed by atoms with E-state index >= 15 is 0 Å². The van der Waals surface area contributed by atoms with Crippen molar-refractivity contribution in [1.82, 2.24) is 4.37 Å². The largest absolute Gasteiger partial charge is 0.478 e. The van der Waals surface area contributed by atoms with Crippen molar-refractivity contribution in [2.45, 2.75) is 18.8 Å². The van der Waals surface area contributed by atoms with Crippen LogP contribution in [0.15, 0.2) is 0 Å². The Hall–Kier alpha value is -1.14. The summed E-state index contributed by atoms with van der Waals surface area (Å²) in [6, 6.07) is 0. The molecule has 2 rings (SSSR count). The summed E-state index contributed by atoms with van der Waals surface area (Å²) in [4.78, 5) is 11.0. The van der Waals surface area contributed by atoms with E-state index in [-0.39, 0.29) is 11.5 Å². The number of anilines is 1. The highest BCUT2D eigenvalue weighted by atomic mass is 32.1. The van der Waals surface area contributed by atoms with E-state index in [2.05, 4.69) is 4.37 Å². The van der Waals surface area contributed by atoms with Gasteiger partial charge >= 0.3 is 5.97 Å². The first kappa shape index (κ1) is 10.4. The van der Waals surface area contributed by atoms with Crippen LogP contribution in [0.4, 0.5) is 5.00 Å². The molecule has 0 bridgehead atoms. The highest BCUT2D eigenvalue weighted by molar-refractivity contribution is 7.10. The summed E-state index contributed by atoms with van der Waals surface area (Å²) in [6.07, 6.45) is 1.65. The minimum Gasteiger partial charge on any atom is -0.478 e. The Morgan fingerprint density at radius 2 is 2.20 bits per heavy atom. The van der Waals surface area contributed by atoms with Crippen molar-refractivity contribution in [3.8, 4) is 0 Å². The van der Waals surface area contributed by atoms with E-state index in [9.17, 15) is 4.79 Å². The molecule has 1 aromatic heterocycles. The van der Waals surface area contributed by atoms with E-state index in [0.717, 1.165) is 24.4 Å². The summed E-state index contributed by atoms with van der Waals surface area (Å²) in [5, 5.41) is 9.32. The number of hydrogen-bond acceptors (Lipinski definition) is 5. The van der Waals surface area contributed by atoms with Gasteiger partial charge in [0.25, 0.3) is 0 Å². The lowest BCUT2D eigenvalue weighted by Crippen LogP contribution is -2.17. The second kappa shape index (κ2) is 4.16. The average molecular weight is 228 g/mol. The Kier molecular flexibility index (Phi) is 2.88. The first-order valence-electron chi connectivity index (χ1n) is 4.76. The third-order valence-electron chi connectivity index (χ3n) is 2.57. The number of aromatic nitrogens is 1. The van der Waals surface area contributed by atoms with Crippen LogP contribution in [0.1, 0.15) is 34.8 Å². The van der Waals surface area contributed by atoms with Gasteiger partial charge in [0, 0.05) is 19.1 Å². The lowest BCUT2D eigenvalue weighted by atomic mass is 9.94. The zero-order chi connectivity index (χ0) is 10.8. The molecule has 82 valence electrons. The van der Waals surface area contributed by atoms with Crippen molar-refractivity contribution in [3.63, 3.8) is 0 Å². The fourth-order valence-corrected chi connectivity index (χ4v) is 2.50. The van der Waals surface area contributed by atoms with Gasteiger partial charge in [-0.3, -0.25) is 0 Å². The first-order valence-corrected chi connectivity index (χ1v) is 5.53. The zero-order valence-corrected chi connectivity index (χ0v) is 8.92. The van der Waals surface area contributed by atoms with Crippen molar-refractivity contribution in [2.24, 2.45) is 0 Å². The van der Waals surface area contributed by atoms with Crippen LogP contribution in [0.2, 0.25) is 0 Å². The predicted octanol–water partition coefficient (Wildman–Crippen LogP) is 1.32. The molecule has 3 N–H and O–H groups in total. The molecule has 0 amide bonds. The first-order chi connectivity index (χ1) is 7.20. The highest BCUT2D eigenvalue weighted by Gasteiger charge is 2.26. The number of carboxylic acid groups (broad SMARTS) is 1. The lowest BCUT2D eigenvalue weighted by molar-refractivity contribution is 0.0686. The van der Waals surface area contributed by atoms with E-state index in [1.54, 1.807) is 0 Å². The van der Waals surface area contributed by atoms with Crippen molar-refractivity contribution < 1.29 is 14.6 Å². The maximum atomic E-state index is 11.0. The highest BCUT2D eigenvalue weighted by Crippen LogP contribution is 2.33. The molecule has 5 nitrogen and oxygen atoms in total. The van der Waals surface area contributed by atoms with Gasteiger partial charge in [0.15, 0.2) is 0 Å². The lowest BCUT2D eigenvalue weighted by Gasteiger charge is -2.20. The summed E-state index contributed by atoms with van der Waals surface area (Å²) in [6.45, 7) is 1.34. The number of ether oxygens (including phenoxy) is 1. The van der Waals surface area contributed by atoms with Gasteiger partial charge in [-0.25, -0.2) is 4.79 Å². The number of nitrogen functional groups attached to an aromatic ring is 1. The second-order valence-electron chi connectivity index (χ2n) is 3.50. The van der Waals surface area contributed by atoms with Gasteiger partial charge in [-0.15, -0.1) is 0 Å². The number of nitrogens with two attached hydrogens (primary N) is 1. The summed E-state index contributed by atoms with van der Waals surface area (Å²) in [5.74, 6) is -0.804. The Bertz CT molecular complexity index is 371. The Labute approximate surface area is 91.0 Å². The molecule has 1 aliphatic rings. The minimum atomic E-state index is -0.984. The van der Waals surface area contributed by atoms with Crippen molar-refractivity contribution in [2.75, 3.05) is 18.9 Å². The van der Waals surface area contributed by atoms with Crippen molar-refractivity contribution in [1.29, 1.82) is 0 Å². The van der Waals surface area contributed by atoms with E-state index in [1.165, 1.54) is 0 Å². The monoisotopic (exact) mass is 228 g/mol. The topological polar surface area (TPSA) is 85.4 Å². The van der Waals surface area contributed by atoms with Gasteiger partial charge in [0.2, 0.25) is 0 Å². The number of rotatable bonds is 2. The molecule has 0 atom stereocenters. The molecular weight excluding hydrogens is 216 g/mol. The number of aromatic carboxylic acids is 1. The molecule has 0 unspecified atom stereocenters. The quantitative estimate of drug-likeness (QED) is 0.797. The van der Waals surface area contributed by atoms with Crippen LogP contribution in [-0.2, 0) is 4.74 Å². The van der Waals surface area contributed by atoms with Crippen LogP contribution in [0.5, 0.6) is 0 Å². The maximum absolute atomic E-state index is 11.0. The molecule has 2 heterocycles. The van der Waals surface area contributed by atoms with E-state index in [1.807, 2.05) is 0 Å². The van der Waals surface area contributed by atoms with Gasteiger partial charge in [0.1, 0.15) is 10.6 Å². The number of hydrogen-bond donors (Lipinski definition) is 2. The fraction of sp³-hybridized carbons (Fsp3) is 0.556. The third kappa shape index (κ3) is 1.95. The van der Waals surface area contributed by atoms with Crippen LogP contribution >= 0.6 is 11.5 Å². The van der Waals surface area contributed by atoms with Crippen molar-refractivity contribution in [3.05, 3.63) is 11.3 Å². The standard InChI is InChI=1S/C9H12N2O3S/c10-8-6(9(12)13)7(11-15-8)5-1-3-14-4-2-5/h5H,1-4,10H2,(H,12,13). The summed E-state index contributed by atoms with van der Waals surface area (Å²) in [7, 11) is 0. The van der Waals surface area contributed by atoms with Crippen LogP contribution in [-0.4, -0.2) is 28.7 Å². The van der Waals surface area contributed by atoms with Crippen molar-refractivity contribution >= 4 is 22.5 Å². The molecule has 1 fully saturated rings. The molecule has 1 aliphatic heterocycles. The van der Waals surface area contributed by atoms with Gasteiger partial charge in [-0.2, -0.15) is 4.37 Å². The normalized spacial score (nSPS) is 17.9. The van der Waals surface area contributed by atoms with Gasteiger partial charge < -0.3 is 15.6 Å². The zero-order valence-electron chi connectivity index (χ0n) is 8.10. The fourth-order valence-electron chi connectivity index (χ4n) is 1.78. The molecule has 0 radical (unpaired) electrons. The molecule has 0 aliphatic carbocycles. The molecule has 0 saturated carbocycles. The molecule has 1 saturated heterocycles. The Morgan fingerprint density at radius 1 is 1.53 bits per heavy atom. The molecule has 1 aromatic rings. The number of nitrogens with zero attached hydrogens (tertiary/aromatic N) is 1. The SMILES string of the molecule is Nc1snc(C2CCOCC2)c1C(=O)O. The molecule has 0 spiro atoms. The third-order valence-corrected chi connectivity index (χ3v) is 3.26. The van der Waals surface area contributed by atoms with Gasteiger partial charge in [-0.1, -0.05) is 0 Å². The van der Waals surface area contributed by atoms with Gasteiger partial charge in [0.05, 0.1) is 5.69 Å². The molecule has 15 heavy (non-hydrogen) atoms. The van der Waals surface area contributed by atoms with Crippen LogP contribution in [0.3, 0.4) is 0 Å². The maximum Gasteiger partial charge on any atom is 0.340 e. The number of carbonyl (C=O) groups is 1.